The largest absolute Gasteiger partial charge is 0.369 e. The number of rotatable bonds is 5. The molecule has 1 heterocycles. The number of benzene rings is 1. The molecule has 1 aliphatic rings. The fourth-order valence-electron chi connectivity index (χ4n) is 2.47. The fourth-order valence-corrected chi connectivity index (χ4v) is 2.47. The van der Waals surface area contributed by atoms with Crippen LogP contribution in [0.15, 0.2) is 12.1 Å². The first-order valence-electron chi connectivity index (χ1n) is 6.83. The van der Waals surface area contributed by atoms with Crippen LogP contribution in [-0.2, 0) is 11.3 Å². The van der Waals surface area contributed by atoms with Crippen molar-refractivity contribution in [1.82, 2.24) is 10.2 Å². The lowest BCUT2D eigenvalue weighted by atomic mass is 10.0. The molecular formula is C14H18F3N3O. The van der Waals surface area contributed by atoms with E-state index in [1.165, 1.54) is 0 Å². The minimum atomic E-state index is -1.18. The van der Waals surface area contributed by atoms with Crippen molar-refractivity contribution in [3.8, 4) is 0 Å². The number of nitrogens with two attached hydrogens (primary N) is 1. The summed E-state index contributed by atoms with van der Waals surface area (Å²) in [4.78, 5) is 12.8. The van der Waals surface area contributed by atoms with Gasteiger partial charge in [-0.3, -0.25) is 9.69 Å². The summed E-state index contributed by atoms with van der Waals surface area (Å²) in [5.74, 6) is -3.35. The highest BCUT2D eigenvalue weighted by Crippen LogP contribution is 2.15. The number of amides is 1. The lowest BCUT2D eigenvalue weighted by Crippen LogP contribution is -2.45. The molecule has 0 spiro atoms. The van der Waals surface area contributed by atoms with E-state index in [1.54, 1.807) is 0 Å². The smallest absolute Gasteiger partial charge is 0.231 e. The maximum Gasteiger partial charge on any atom is 0.231 e. The van der Waals surface area contributed by atoms with Gasteiger partial charge < -0.3 is 11.1 Å². The molecule has 21 heavy (non-hydrogen) atoms. The van der Waals surface area contributed by atoms with Crippen LogP contribution >= 0.6 is 0 Å². The molecule has 0 unspecified atom stereocenters. The van der Waals surface area contributed by atoms with Gasteiger partial charge in [-0.1, -0.05) is 0 Å². The van der Waals surface area contributed by atoms with Crippen LogP contribution < -0.4 is 11.1 Å². The zero-order valence-corrected chi connectivity index (χ0v) is 11.5. The number of piperidine rings is 1. The minimum Gasteiger partial charge on any atom is -0.369 e. The summed E-state index contributed by atoms with van der Waals surface area (Å²) in [5.41, 5.74) is 5.24. The van der Waals surface area contributed by atoms with Gasteiger partial charge in [0.05, 0.1) is 6.54 Å². The SMILES string of the molecule is NC(=O)CN1CCC(NCc2cc(F)c(F)cc2F)CC1. The average Bonchev–Trinajstić information content (AvgIpc) is 2.42. The third kappa shape index (κ3) is 4.44. The lowest BCUT2D eigenvalue weighted by Gasteiger charge is -2.31. The Hall–Kier alpha value is -1.60. The average molecular weight is 301 g/mol. The summed E-state index contributed by atoms with van der Waals surface area (Å²) in [6.07, 6.45) is 1.58. The number of primary amides is 1. The Labute approximate surface area is 121 Å². The molecular weight excluding hydrogens is 283 g/mol. The quantitative estimate of drug-likeness (QED) is 0.802. The second-order valence-electron chi connectivity index (χ2n) is 5.26. The van der Waals surface area contributed by atoms with Crippen LogP contribution in [0.25, 0.3) is 0 Å². The van der Waals surface area contributed by atoms with Crippen molar-refractivity contribution in [2.45, 2.75) is 25.4 Å². The van der Waals surface area contributed by atoms with Crippen LogP contribution in [-0.4, -0.2) is 36.5 Å². The van der Waals surface area contributed by atoms with Gasteiger partial charge in [-0.15, -0.1) is 0 Å². The molecule has 116 valence electrons. The number of hydrogen-bond acceptors (Lipinski definition) is 3. The van der Waals surface area contributed by atoms with Gasteiger partial charge in [0.25, 0.3) is 0 Å². The highest BCUT2D eigenvalue weighted by atomic mass is 19.2. The van der Waals surface area contributed by atoms with Crippen molar-refractivity contribution in [1.29, 1.82) is 0 Å². The first-order valence-corrected chi connectivity index (χ1v) is 6.83. The molecule has 0 saturated carbocycles. The summed E-state index contributed by atoms with van der Waals surface area (Å²) in [7, 11) is 0. The predicted molar refractivity (Wildman–Crippen MR) is 71.8 cm³/mol. The second-order valence-corrected chi connectivity index (χ2v) is 5.26. The summed E-state index contributed by atoms with van der Waals surface area (Å²) < 4.78 is 39.4. The fraction of sp³-hybridized carbons (Fsp3) is 0.500. The zero-order chi connectivity index (χ0) is 15.4. The van der Waals surface area contributed by atoms with Gasteiger partial charge >= 0.3 is 0 Å². The highest BCUT2D eigenvalue weighted by molar-refractivity contribution is 5.75. The van der Waals surface area contributed by atoms with Gasteiger partial charge in [0.15, 0.2) is 11.6 Å². The molecule has 1 aromatic rings. The number of nitrogens with one attached hydrogen (secondary N) is 1. The Morgan fingerprint density at radius 1 is 1.19 bits per heavy atom. The molecule has 0 radical (unpaired) electrons. The van der Waals surface area contributed by atoms with Gasteiger partial charge in [0.1, 0.15) is 5.82 Å². The minimum absolute atomic E-state index is 0.105. The number of carbonyl (C=O) groups excluding carboxylic acids is 1. The molecule has 1 aliphatic heterocycles. The van der Waals surface area contributed by atoms with E-state index in [0.29, 0.717) is 6.07 Å². The summed E-state index contributed by atoms with van der Waals surface area (Å²) in [6, 6.07) is 1.59. The Bertz CT molecular complexity index is 516. The number of hydrogen-bond donors (Lipinski definition) is 2. The van der Waals surface area contributed by atoms with E-state index in [-0.39, 0.29) is 30.6 Å². The van der Waals surface area contributed by atoms with Gasteiger partial charge in [0.2, 0.25) is 5.91 Å². The second kappa shape index (κ2) is 6.91. The zero-order valence-electron chi connectivity index (χ0n) is 11.5. The number of halogens is 3. The molecule has 1 saturated heterocycles. The van der Waals surface area contributed by atoms with Gasteiger partial charge in [-0.25, -0.2) is 13.2 Å². The number of carbonyl (C=O) groups is 1. The molecule has 1 fully saturated rings. The van der Waals surface area contributed by atoms with Gasteiger partial charge in [-0.2, -0.15) is 0 Å². The van der Waals surface area contributed by atoms with E-state index in [1.807, 2.05) is 4.90 Å². The van der Waals surface area contributed by atoms with Gasteiger partial charge in [0, 0.05) is 37.3 Å². The molecule has 7 heteroatoms. The van der Waals surface area contributed by atoms with Crippen LogP contribution in [0.5, 0.6) is 0 Å². The van der Waals surface area contributed by atoms with E-state index < -0.39 is 17.5 Å². The number of nitrogens with zero attached hydrogens (tertiary/aromatic N) is 1. The normalized spacial score (nSPS) is 17.1. The van der Waals surface area contributed by atoms with Crippen LogP contribution in [0.4, 0.5) is 13.2 Å². The van der Waals surface area contributed by atoms with Crippen LogP contribution in [0, 0.1) is 17.5 Å². The van der Waals surface area contributed by atoms with Gasteiger partial charge in [-0.05, 0) is 18.9 Å². The van der Waals surface area contributed by atoms with Crippen LogP contribution in [0.1, 0.15) is 18.4 Å². The molecule has 0 bridgehead atoms. The van der Waals surface area contributed by atoms with Crippen molar-refractivity contribution in [3.63, 3.8) is 0 Å². The van der Waals surface area contributed by atoms with E-state index in [2.05, 4.69) is 5.32 Å². The summed E-state index contributed by atoms with van der Waals surface area (Å²) >= 11 is 0. The van der Waals surface area contributed by atoms with Crippen molar-refractivity contribution < 1.29 is 18.0 Å². The monoisotopic (exact) mass is 301 g/mol. The maximum atomic E-state index is 13.5. The molecule has 1 aromatic carbocycles. The van der Waals surface area contributed by atoms with E-state index in [4.69, 9.17) is 5.73 Å². The first kappa shape index (κ1) is 15.8. The Morgan fingerprint density at radius 3 is 2.43 bits per heavy atom. The van der Waals surface area contributed by atoms with Crippen LogP contribution in [0.2, 0.25) is 0 Å². The van der Waals surface area contributed by atoms with Crippen molar-refractivity contribution in [2.75, 3.05) is 19.6 Å². The molecule has 1 amide bonds. The summed E-state index contributed by atoms with van der Waals surface area (Å²) in [5, 5.41) is 3.13. The lowest BCUT2D eigenvalue weighted by molar-refractivity contribution is -0.119. The Balaban J connectivity index is 1.82. The third-order valence-electron chi connectivity index (χ3n) is 3.64. The van der Waals surface area contributed by atoms with E-state index in [9.17, 15) is 18.0 Å². The molecule has 0 atom stereocenters. The van der Waals surface area contributed by atoms with E-state index in [0.717, 1.165) is 32.0 Å². The molecule has 2 rings (SSSR count). The highest BCUT2D eigenvalue weighted by Gasteiger charge is 2.20. The van der Waals surface area contributed by atoms with Crippen molar-refractivity contribution in [2.24, 2.45) is 5.73 Å². The molecule has 0 aromatic heterocycles. The van der Waals surface area contributed by atoms with Crippen molar-refractivity contribution >= 4 is 5.91 Å². The predicted octanol–water partition coefficient (Wildman–Crippen LogP) is 1.14. The molecule has 0 aliphatic carbocycles. The maximum absolute atomic E-state index is 13.5. The summed E-state index contributed by atoms with van der Waals surface area (Å²) in [6.45, 7) is 1.83. The molecule has 4 nitrogen and oxygen atoms in total. The number of likely N-dealkylation sites (tertiary alicyclic amines) is 1. The topological polar surface area (TPSA) is 58.4 Å². The Kier molecular flexibility index (Phi) is 5.19. The standard InChI is InChI=1S/C14H18F3N3O/c15-11-6-13(17)12(16)5-9(11)7-19-10-1-3-20(4-2-10)8-14(18)21/h5-6,10,19H,1-4,7-8H2,(H2,18,21). The molecule has 3 N–H and O–H groups in total. The Morgan fingerprint density at radius 2 is 1.81 bits per heavy atom. The van der Waals surface area contributed by atoms with E-state index >= 15 is 0 Å². The van der Waals surface area contributed by atoms with Crippen molar-refractivity contribution in [3.05, 3.63) is 35.1 Å². The third-order valence-corrected chi connectivity index (χ3v) is 3.64. The first-order chi connectivity index (χ1) is 9.95. The van der Waals surface area contributed by atoms with Crippen LogP contribution in [0.3, 0.4) is 0 Å².